The molecule has 1 heterocycles. The first-order valence-electron chi connectivity index (χ1n) is 12.6. The third kappa shape index (κ3) is 7.37. The zero-order valence-corrected chi connectivity index (χ0v) is 24.6. The zero-order valence-electron chi connectivity index (χ0n) is 23.8. The Labute approximate surface area is 230 Å². The Morgan fingerprint density at radius 3 is 2.13 bits per heavy atom. The summed E-state index contributed by atoms with van der Waals surface area (Å²) in [7, 11) is 3.48. The summed E-state index contributed by atoms with van der Waals surface area (Å²) in [5.41, 5.74) is 2.47. The van der Waals surface area contributed by atoms with E-state index in [0.717, 1.165) is 11.4 Å². The van der Waals surface area contributed by atoms with Crippen LogP contribution in [0.25, 0.3) is 11.4 Å². The molecule has 2 aromatic carbocycles. The molecule has 3 aromatic rings. The van der Waals surface area contributed by atoms with Crippen molar-refractivity contribution in [2.45, 2.75) is 69.8 Å². The molecule has 9 heteroatoms. The fourth-order valence-corrected chi connectivity index (χ4v) is 4.75. The van der Waals surface area contributed by atoms with E-state index in [4.69, 9.17) is 4.74 Å². The monoisotopic (exact) mass is 537 g/mol. The summed E-state index contributed by atoms with van der Waals surface area (Å²) < 4.78 is 7.15. The molecule has 3 rings (SSSR count). The number of benzene rings is 2. The van der Waals surface area contributed by atoms with Crippen LogP contribution in [0.2, 0.25) is 0 Å². The van der Waals surface area contributed by atoms with Crippen molar-refractivity contribution in [2.24, 2.45) is 7.05 Å². The summed E-state index contributed by atoms with van der Waals surface area (Å²) in [6.45, 7) is 14.0. The molecule has 1 N–H and O–H groups in total. The third-order valence-electron chi connectivity index (χ3n) is 5.94. The number of anilines is 1. The molecule has 0 spiro atoms. The van der Waals surface area contributed by atoms with Crippen molar-refractivity contribution in [1.82, 2.24) is 20.1 Å². The van der Waals surface area contributed by atoms with Crippen LogP contribution in [0.5, 0.6) is 5.75 Å². The minimum atomic E-state index is -0.515. The summed E-state index contributed by atoms with van der Waals surface area (Å²) in [6, 6.07) is 15.4. The quantitative estimate of drug-likeness (QED) is 0.397. The van der Waals surface area contributed by atoms with Crippen LogP contribution in [0.15, 0.2) is 53.7 Å². The Balaban J connectivity index is 1.82. The first-order valence-corrected chi connectivity index (χ1v) is 13.5. The third-order valence-corrected chi connectivity index (χ3v) is 7.06. The van der Waals surface area contributed by atoms with E-state index in [-0.39, 0.29) is 23.8 Å². The SMILES string of the molecule is COc1ccc(N(CC(=O)NC(C)(C)C)C(=O)[C@H](C)Sc2nnc(-c3ccc(C(C)(C)C)cc3)n2C)cc1. The lowest BCUT2D eigenvalue weighted by atomic mass is 9.87. The zero-order chi connectivity index (χ0) is 28.3. The lowest BCUT2D eigenvalue weighted by Crippen LogP contribution is -2.48. The van der Waals surface area contributed by atoms with Crippen molar-refractivity contribution in [3.63, 3.8) is 0 Å². The molecular formula is C29H39N5O3S. The minimum absolute atomic E-state index is 0.0643. The van der Waals surface area contributed by atoms with Gasteiger partial charge in [0.05, 0.1) is 12.4 Å². The number of carbonyl (C=O) groups excluding carboxylic acids is 2. The van der Waals surface area contributed by atoms with Crippen LogP contribution in [0.4, 0.5) is 5.69 Å². The van der Waals surface area contributed by atoms with Gasteiger partial charge in [-0.25, -0.2) is 0 Å². The molecule has 8 nitrogen and oxygen atoms in total. The molecular weight excluding hydrogens is 498 g/mol. The van der Waals surface area contributed by atoms with Crippen molar-refractivity contribution in [3.05, 3.63) is 54.1 Å². The van der Waals surface area contributed by atoms with Crippen LogP contribution in [-0.2, 0) is 22.1 Å². The van der Waals surface area contributed by atoms with Crippen LogP contribution in [0.3, 0.4) is 0 Å². The van der Waals surface area contributed by atoms with E-state index in [1.54, 1.807) is 31.4 Å². The maximum atomic E-state index is 13.7. The van der Waals surface area contributed by atoms with Gasteiger partial charge in [-0.15, -0.1) is 10.2 Å². The van der Waals surface area contributed by atoms with Gasteiger partial charge in [-0.1, -0.05) is 56.8 Å². The molecule has 38 heavy (non-hydrogen) atoms. The molecule has 0 radical (unpaired) electrons. The first-order chi connectivity index (χ1) is 17.7. The Bertz CT molecular complexity index is 1260. The molecule has 0 fully saturated rings. The number of methoxy groups -OCH3 is 1. The highest BCUT2D eigenvalue weighted by Gasteiger charge is 2.28. The topological polar surface area (TPSA) is 89.3 Å². The van der Waals surface area contributed by atoms with E-state index in [9.17, 15) is 9.59 Å². The van der Waals surface area contributed by atoms with Crippen LogP contribution in [-0.4, -0.2) is 51.0 Å². The number of rotatable bonds is 8. The molecule has 0 aliphatic carbocycles. The Morgan fingerprint density at radius 2 is 1.61 bits per heavy atom. The maximum Gasteiger partial charge on any atom is 0.240 e. The largest absolute Gasteiger partial charge is 0.497 e. The summed E-state index contributed by atoms with van der Waals surface area (Å²) in [5, 5.41) is 11.8. The van der Waals surface area contributed by atoms with E-state index in [1.165, 1.54) is 22.2 Å². The van der Waals surface area contributed by atoms with E-state index in [0.29, 0.717) is 16.6 Å². The molecule has 2 amide bonds. The fourth-order valence-electron chi connectivity index (χ4n) is 3.88. The van der Waals surface area contributed by atoms with Crippen LogP contribution < -0.4 is 15.0 Å². The molecule has 1 atom stereocenters. The van der Waals surface area contributed by atoms with Gasteiger partial charge in [0.15, 0.2) is 11.0 Å². The number of thioether (sulfide) groups is 1. The highest BCUT2D eigenvalue weighted by atomic mass is 32.2. The van der Waals surface area contributed by atoms with Gasteiger partial charge < -0.3 is 19.5 Å². The van der Waals surface area contributed by atoms with Crippen molar-refractivity contribution < 1.29 is 14.3 Å². The van der Waals surface area contributed by atoms with Gasteiger partial charge in [-0.3, -0.25) is 9.59 Å². The predicted molar refractivity (Wildman–Crippen MR) is 154 cm³/mol. The number of hydrogen-bond donors (Lipinski definition) is 1. The van der Waals surface area contributed by atoms with Gasteiger partial charge in [-0.2, -0.15) is 0 Å². The van der Waals surface area contributed by atoms with E-state index in [1.807, 2.05) is 51.4 Å². The number of carbonyl (C=O) groups is 2. The molecule has 0 aliphatic heterocycles. The number of hydrogen-bond acceptors (Lipinski definition) is 6. The molecule has 1 aromatic heterocycles. The van der Waals surface area contributed by atoms with Crippen LogP contribution in [0.1, 0.15) is 54.0 Å². The van der Waals surface area contributed by atoms with Crippen molar-refractivity contribution in [3.8, 4) is 17.1 Å². The first kappa shape index (κ1) is 29.2. The van der Waals surface area contributed by atoms with Gasteiger partial charge in [-0.05, 0) is 62.9 Å². The molecule has 0 saturated heterocycles. The fraction of sp³-hybridized carbons (Fsp3) is 0.448. The molecule has 0 aliphatic rings. The van der Waals surface area contributed by atoms with Crippen molar-refractivity contribution >= 4 is 29.3 Å². The summed E-state index contributed by atoms with van der Waals surface area (Å²) in [5.74, 6) is 0.954. The van der Waals surface area contributed by atoms with E-state index < -0.39 is 10.8 Å². The van der Waals surface area contributed by atoms with Crippen molar-refractivity contribution in [2.75, 3.05) is 18.6 Å². The van der Waals surface area contributed by atoms with E-state index in [2.05, 4.69) is 48.4 Å². The number of ether oxygens (including phenoxy) is 1. The Hall–Kier alpha value is -3.33. The van der Waals surface area contributed by atoms with E-state index >= 15 is 0 Å². The number of nitrogens with one attached hydrogen (secondary N) is 1. The van der Waals surface area contributed by atoms with Crippen LogP contribution >= 0.6 is 11.8 Å². The van der Waals surface area contributed by atoms with Crippen LogP contribution in [0, 0.1) is 0 Å². The standard InChI is InChI=1S/C29H39N5O3S/c1-19(38-27-32-31-25(33(27)8)20-10-12-21(13-11-20)28(2,3)4)26(36)34(18-24(35)30-29(5,6)7)22-14-16-23(37-9)17-15-22/h10-17,19H,18H2,1-9H3,(H,30,35)/t19-/m0/s1. The summed E-state index contributed by atoms with van der Waals surface area (Å²) in [4.78, 5) is 27.9. The van der Waals surface area contributed by atoms with Gasteiger partial charge in [0.25, 0.3) is 0 Å². The number of amides is 2. The molecule has 0 saturated carbocycles. The average molecular weight is 538 g/mol. The second-order valence-corrected chi connectivity index (χ2v) is 12.7. The van der Waals surface area contributed by atoms with Gasteiger partial charge in [0.2, 0.25) is 11.8 Å². The minimum Gasteiger partial charge on any atom is -0.497 e. The lowest BCUT2D eigenvalue weighted by Gasteiger charge is -2.27. The van der Waals surface area contributed by atoms with Gasteiger partial charge in [0, 0.05) is 23.8 Å². The Kier molecular flexibility index (Phi) is 8.92. The second kappa shape index (κ2) is 11.6. The maximum absolute atomic E-state index is 13.7. The highest BCUT2D eigenvalue weighted by Crippen LogP contribution is 2.30. The Morgan fingerprint density at radius 1 is 1.00 bits per heavy atom. The number of nitrogens with zero attached hydrogens (tertiary/aromatic N) is 4. The molecule has 204 valence electrons. The predicted octanol–water partition coefficient (Wildman–Crippen LogP) is 5.22. The summed E-state index contributed by atoms with van der Waals surface area (Å²) >= 11 is 1.31. The molecule has 0 unspecified atom stereocenters. The summed E-state index contributed by atoms with van der Waals surface area (Å²) in [6.07, 6.45) is 0. The molecule has 0 bridgehead atoms. The normalized spacial score (nSPS) is 12.7. The number of aromatic nitrogens is 3. The smallest absolute Gasteiger partial charge is 0.240 e. The highest BCUT2D eigenvalue weighted by molar-refractivity contribution is 8.00. The van der Waals surface area contributed by atoms with Crippen molar-refractivity contribution in [1.29, 1.82) is 0 Å². The van der Waals surface area contributed by atoms with Gasteiger partial charge in [0.1, 0.15) is 12.3 Å². The average Bonchev–Trinajstić information content (AvgIpc) is 3.20. The lowest BCUT2D eigenvalue weighted by molar-refractivity contribution is -0.124. The second-order valence-electron chi connectivity index (χ2n) is 11.4. The van der Waals surface area contributed by atoms with Gasteiger partial charge >= 0.3 is 0 Å².